The molecular formula is C21H20O. The van der Waals surface area contributed by atoms with Gasteiger partial charge in [-0.1, -0.05) is 90.5 Å². The highest BCUT2D eigenvalue weighted by Crippen LogP contribution is 2.08. The number of aryl methyl sites for hydroxylation is 1. The van der Waals surface area contributed by atoms with Crippen LogP contribution in [0.4, 0.5) is 0 Å². The standard InChI is InChI=1S/C14H12.C7H8O/c1-3-7-13(8-4-1)11-12-14-9-5-2-6-10-14;1-6-2-4-7(8)5-3-6/h1-12H;2-5,8H,1H3. The van der Waals surface area contributed by atoms with E-state index in [0.717, 1.165) is 0 Å². The molecule has 110 valence electrons. The van der Waals surface area contributed by atoms with Crippen LogP contribution in [0.15, 0.2) is 84.9 Å². The topological polar surface area (TPSA) is 20.2 Å². The zero-order valence-corrected chi connectivity index (χ0v) is 12.7. The van der Waals surface area contributed by atoms with Gasteiger partial charge >= 0.3 is 0 Å². The van der Waals surface area contributed by atoms with Gasteiger partial charge in [-0.05, 0) is 30.2 Å². The van der Waals surface area contributed by atoms with Crippen LogP contribution in [0, 0.1) is 6.92 Å². The average molecular weight is 288 g/mol. The Morgan fingerprint density at radius 3 is 1.36 bits per heavy atom. The molecule has 0 saturated heterocycles. The lowest BCUT2D eigenvalue weighted by Crippen LogP contribution is -1.70. The maximum Gasteiger partial charge on any atom is 0.115 e. The van der Waals surface area contributed by atoms with Crippen LogP contribution in [0.1, 0.15) is 16.7 Å². The normalized spacial score (nSPS) is 10.0. The molecule has 3 aromatic rings. The first-order valence-corrected chi connectivity index (χ1v) is 7.28. The predicted molar refractivity (Wildman–Crippen MR) is 94.7 cm³/mol. The molecule has 1 N–H and O–H groups in total. The fourth-order valence-corrected chi connectivity index (χ4v) is 1.87. The van der Waals surface area contributed by atoms with Crippen molar-refractivity contribution in [3.8, 4) is 5.75 Å². The number of hydrogen-bond donors (Lipinski definition) is 1. The van der Waals surface area contributed by atoms with E-state index in [2.05, 4.69) is 36.4 Å². The number of hydrogen-bond acceptors (Lipinski definition) is 1. The molecule has 0 bridgehead atoms. The molecule has 1 heteroatoms. The molecule has 0 aliphatic carbocycles. The van der Waals surface area contributed by atoms with Gasteiger partial charge in [0.1, 0.15) is 5.75 Å². The molecule has 0 unspecified atom stereocenters. The maximum absolute atomic E-state index is 8.76. The Kier molecular flexibility index (Phi) is 6.01. The molecule has 0 aromatic heterocycles. The second-order valence-corrected chi connectivity index (χ2v) is 4.99. The van der Waals surface area contributed by atoms with Crippen LogP contribution in [0.3, 0.4) is 0 Å². The summed E-state index contributed by atoms with van der Waals surface area (Å²) >= 11 is 0. The van der Waals surface area contributed by atoms with Gasteiger partial charge in [0.05, 0.1) is 0 Å². The minimum Gasteiger partial charge on any atom is -0.508 e. The van der Waals surface area contributed by atoms with E-state index in [1.54, 1.807) is 12.1 Å². The molecule has 0 saturated carbocycles. The van der Waals surface area contributed by atoms with E-state index in [4.69, 9.17) is 5.11 Å². The molecule has 0 heterocycles. The molecule has 0 atom stereocenters. The lowest BCUT2D eigenvalue weighted by Gasteiger charge is -1.92. The van der Waals surface area contributed by atoms with Crippen molar-refractivity contribution in [3.63, 3.8) is 0 Å². The summed E-state index contributed by atoms with van der Waals surface area (Å²) < 4.78 is 0. The quantitative estimate of drug-likeness (QED) is 0.612. The van der Waals surface area contributed by atoms with Crippen molar-refractivity contribution in [1.29, 1.82) is 0 Å². The Balaban J connectivity index is 0.000000188. The van der Waals surface area contributed by atoms with Crippen LogP contribution in [-0.4, -0.2) is 5.11 Å². The third kappa shape index (κ3) is 5.68. The van der Waals surface area contributed by atoms with Gasteiger partial charge in [-0.3, -0.25) is 0 Å². The first-order chi connectivity index (χ1) is 10.7. The molecule has 0 radical (unpaired) electrons. The summed E-state index contributed by atoms with van der Waals surface area (Å²) in [6.07, 6.45) is 4.24. The number of benzene rings is 3. The SMILES string of the molecule is C(=Cc1ccccc1)c1ccccc1.Cc1ccc(O)cc1. The van der Waals surface area contributed by atoms with Crippen LogP contribution in [0.25, 0.3) is 12.2 Å². The first-order valence-electron chi connectivity index (χ1n) is 7.28. The van der Waals surface area contributed by atoms with Gasteiger partial charge in [-0.15, -0.1) is 0 Å². The number of aromatic hydroxyl groups is 1. The largest absolute Gasteiger partial charge is 0.508 e. The highest BCUT2D eigenvalue weighted by atomic mass is 16.3. The second-order valence-electron chi connectivity index (χ2n) is 4.99. The van der Waals surface area contributed by atoms with Crippen molar-refractivity contribution in [2.75, 3.05) is 0 Å². The Bertz CT molecular complexity index is 620. The van der Waals surface area contributed by atoms with Crippen LogP contribution >= 0.6 is 0 Å². The van der Waals surface area contributed by atoms with Gasteiger partial charge < -0.3 is 5.11 Å². The van der Waals surface area contributed by atoms with Crippen molar-refractivity contribution >= 4 is 12.2 Å². The lowest BCUT2D eigenvalue weighted by atomic mass is 10.1. The highest BCUT2D eigenvalue weighted by Gasteiger charge is 1.84. The van der Waals surface area contributed by atoms with Gasteiger partial charge in [-0.2, -0.15) is 0 Å². The molecule has 0 spiro atoms. The van der Waals surface area contributed by atoms with Gasteiger partial charge in [-0.25, -0.2) is 0 Å². The summed E-state index contributed by atoms with van der Waals surface area (Å²) in [6, 6.07) is 27.7. The minimum absolute atomic E-state index is 0.329. The zero-order chi connectivity index (χ0) is 15.6. The van der Waals surface area contributed by atoms with Crippen molar-refractivity contribution in [2.24, 2.45) is 0 Å². The molecule has 22 heavy (non-hydrogen) atoms. The predicted octanol–water partition coefficient (Wildman–Crippen LogP) is 5.56. The Morgan fingerprint density at radius 1 is 0.591 bits per heavy atom. The fourth-order valence-electron chi connectivity index (χ4n) is 1.87. The van der Waals surface area contributed by atoms with Crippen LogP contribution in [0.5, 0.6) is 5.75 Å². The molecule has 0 fully saturated rings. The van der Waals surface area contributed by atoms with Crippen LogP contribution in [-0.2, 0) is 0 Å². The average Bonchev–Trinajstić information content (AvgIpc) is 2.58. The van der Waals surface area contributed by atoms with Gasteiger partial charge in [0.2, 0.25) is 0 Å². The summed E-state index contributed by atoms with van der Waals surface area (Å²) in [5, 5.41) is 8.76. The van der Waals surface area contributed by atoms with Crippen molar-refractivity contribution in [3.05, 3.63) is 102 Å². The third-order valence-electron chi connectivity index (χ3n) is 3.10. The lowest BCUT2D eigenvalue weighted by molar-refractivity contribution is 0.475. The van der Waals surface area contributed by atoms with Gasteiger partial charge in [0, 0.05) is 0 Å². The van der Waals surface area contributed by atoms with E-state index in [9.17, 15) is 0 Å². The van der Waals surface area contributed by atoms with Crippen molar-refractivity contribution in [2.45, 2.75) is 6.92 Å². The highest BCUT2D eigenvalue weighted by molar-refractivity contribution is 5.69. The smallest absolute Gasteiger partial charge is 0.115 e. The van der Waals surface area contributed by atoms with Crippen LogP contribution < -0.4 is 0 Å². The van der Waals surface area contributed by atoms with E-state index in [1.165, 1.54) is 16.7 Å². The van der Waals surface area contributed by atoms with E-state index in [0.29, 0.717) is 5.75 Å². The summed E-state index contributed by atoms with van der Waals surface area (Å²) in [5.41, 5.74) is 3.63. The zero-order valence-electron chi connectivity index (χ0n) is 12.7. The summed E-state index contributed by atoms with van der Waals surface area (Å²) in [6.45, 7) is 1.99. The van der Waals surface area contributed by atoms with Gasteiger partial charge in [0.15, 0.2) is 0 Å². The third-order valence-corrected chi connectivity index (χ3v) is 3.10. The van der Waals surface area contributed by atoms with E-state index in [1.807, 2.05) is 55.5 Å². The molecule has 3 aromatic carbocycles. The molecule has 0 amide bonds. The van der Waals surface area contributed by atoms with E-state index in [-0.39, 0.29) is 0 Å². The molecule has 3 rings (SSSR count). The van der Waals surface area contributed by atoms with Crippen molar-refractivity contribution < 1.29 is 5.11 Å². The maximum atomic E-state index is 8.76. The fraction of sp³-hybridized carbons (Fsp3) is 0.0476. The van der Waals surface area contributed by atoms with Crippen molar-refractivity contribution in [1.82, 2.24) is 0 Å². The second kappa shape index (κ2) is 8.48. The Morgan fingerprint density at radius 2 is 1.00 bits per heavy atom. The summed E-state index contributed by atoms with van der Waals surface area (Å²) in [4.78, 5) is 0. The summed E-state index contributed by atoms with van der Waals surface area (Å²) in [5.74, 6) is 0.329. The first kappa shape index (κ1) is 15.6. The Hall–Kier alpha value is -2.80. The number of rotatable bonds is 2. The molecule has 0 aliphatic rings. The van der Waals surface area contributed by atoms with E-state index >= 15 is 0 Å². The number of phenols is 1. The molecule has 1 nitrogen and oxygen atoms in total. The van der Waals surface area contributed by atoms with Crippen LogP contribution in [0.2, 0.25) is 0 Å². The monoisotopic (exact) mass is 288 g/mol. The summed E-state index contributed by atoms with van der Waals surface area (Å²) in [7, 11) is 0. The minimum atomic E-state index is 0.329. The van der Waals surface area contributed by atoms with E-state index < -0.39 is 0 Å². The number of phenolic OH excluding ortho intramolecular Hbond substituents is 1. The molecular weight excluding hydrogens is 268 g/mol. The molecule has 0 aliphatic heterocycles. The Labute approximate surface area is 132 Å². The van der Waals surface area contributed by atoms with Gasteiger partial charge in [0.25, 0.3) is 0 Å².